The predicted molar refractivity (Wildman–Crippen MR) is 141 cm³/mol. The fourth-order valence-electron chi connectivity index (χ4n) is 5.74. The molecule has 0 spiro atoms. The van der Waals surface area contributed by atoms with Gasteiger partial charge in [-0.2, -0.15) is 13.2 Å². The van der Waals surface area contributed by atoms with Gasteiger partial charge in [0.25, 0.3) is 0 Å². The minimum absolute atomic E-state index is 0.0820. The lowest BCUT2D eigenvalue weighted by Crippen LogP contribution is -2.52. The Balaban J connectivity index is 2.11. The average molecular weight is 593 g/mol. The van der Waals surface area contributed by atoms with Crippen LogP contribution in [0.4, 0.5) is 26.7 Å². The molecular formula is C29H41F5N2O5. The van der Waals surface area contributed by atoms with E-state index in [1.165, 1.54) is 11.8 Å². The van der Waals surface area contributed by atoms with E-state index < -0.39 is 77.9 Å². The van der Waals surface area contributed by atoms with Crippen molar-refractivity contribution in [3.63, 3.8) is 0 Å². The molecule has 1 aromatic carbocycles. The summed E-state index contributed by atoms with van der Waals surface area (Å²) in [5.41, 5.74) is -4.84. The Bertz CT molecular complexity index is 1100. The van der Waals surface area contributed by atoms with Crippen LogP contribution in [-0.2, 0) is 25.4 Å². The Morgan fingerprint density at radius 2 is 1.68 bits per heavy atom. The van der Waals surface area contributed by atoms with Gasteiger partial charge < -0.3 is 19.1 Å². The van der Waals surface area contributed by atoms with E-state index in [1.807, 2.05) is 13.8 Å². The van der Waals surface area contributed by atoms with E-state index >= 15 is 0 Å². The molecule has 7 nitrogen and oxygen atoms in total. The van der Waals surface area contributed by atoms with Crippen molar-refractivity contribution in [3.05, 3.63) is 35.4 Å². The zero-order valence-electron chi connectivity index (χ0n) is 24.9. The van der Waals surface area contributed by atoms with Gasteiger partial charge in [-0.15, -0.1) is 0 Å². The van der Waals surface area contributed by atoms with Crippen LogP contribution in [-0.4, -0.2) is 76.2 Å². The molecule has 0 aliphatic carbocycles. The van der Waals surface area contributed by atoms with E-state index in [-0.39, 0.29) is 24.5 Å². The van der Waals surface area contributed by atoms with Gasteiger partial charge in [-0.05, 0) is 71.1 Å². The number of carbonyl (C=O) groups is 2. The standard InChI is InChI=1S/C29H41F5N2O5/c1-17(2)9-10-39-28(29(32,33)34)15-23(35(16-28)25(38)41-26(4,5)6)24-22(36(18(3)37)27(7,8)40-24)13-19-11-20(30)14-21(31)12-19/h11-12,14,17,22-24H,9-10,13,15-16H2,1-8H3. The van der Waals surface area contributed by atoms with Crippen LogP contribution in [0, 0.1) is 17.6 Å². The lowest BCUT2D eigenvalue weighted by molar-refractivity contribution is -0.273. The van der Waals surface area contributed by atoms with E-state index in [0.29, 0.717) is 12.5 Å². The molecule has 2 fully saturated rings. The molecule has 4 unspecified atom stereocenters. The second-order valence-corrected chi connectivity index (χ2v) is 12.9. The molecule has 2 aliphatic rings. The first-order valence-electron chi connectivity index (χ1n) is 13.8. The second kappa shape index (κ2) is 11.7. The Morgan fingerprint density at radius 3 is 2.17 bits per heavy atom. The van der Waals surface area contributed by atoms with Crippen molar-refractivity contribution < 1.29 is 45.8 Å². The Hall–Kier alpha value is -2.47. The normalized spacial score (nSPS) is 26.6. The highest BCUT2D eigenvalue weighted by molar-refractivity contribution is 5.75. The number of benzene rings is 1. The van der Waals surface area contributed by atoms with Crippen molar-refractivity contribution in [2.24, 2.45) is 5.92 Å². The number of ether oxygens (including phenoxy) is 3. The molecule has 4 atom stereocenters. The van der Waals surface area contributed by atoms with Crippen LogP contribution in [0.1, 0.15) is 73.8 Å². The third-order valence-corrected chi connectivity index (χ3v) is 7.38. The summed E-state index contributed by atoms with van der Waals surface area (Å²) >= 11 is 0. The van der Waals surface area contributed by atoms with Crippen LogP contribution < -0.4 is 0 Å². The number of amides is 2. The summed E-state index contributed by atoms with van der Waals surface area (Å²) in [5, 5.41) is 0. The first kappa shape index (κ1) is 33.0. The summed E-state index contributed by atoms with van der Waals surface area (Å²) in [4.78, 5) is 28.6. The summed E-state index contributed by atoms with van der Waals surface area (Å²) < 4.78 is 89.8. The second-order valence-electron chi connectivity index (χ2n) is 12.9. The van der Waals surface area contributed by atoms with Crippen LogP contribution in [0.5, 0.6) is 0 Å². The van der Waals surface area contributed by atoms with Gasteiger partial charge >= 0.3 is 12.3 Å². The molecule has 2 amide bonds. The van der Waals surface area contributed by atoms with Crippen molar-refractivity contribution in [2.45, 2.75) is 116 Å². The highest BCUT2D eigenvalue weighted by Gasteiger charge is 2.66. The Morgan fingerprint density at radius 1 is 1.10 bits per heavy atom. The van der Waals surface area contributed by atoms with E-state index in [1.54, 1.807) is 34.6 Å². The molecule has 2 aliphatic heterocycles. The SMILES string of the molecule is CC(=O)N1C(Cc2cc(F)cc(F)c2)C(C2CC(OCCC(C)C)(C(F)(F)F)CN2C(=O)OC(C)(C)C)OC1(C)C. The molecule has 0 bridgehead atoms. The van der Waals surface area contributed by atoms with Gasteiger partial charge in [-0.3, -0.25) is 9.69 Å². The number of rotatable bonds is 7. The molecule has 12 heteroatoms. The molecule has 0 saturated carbocycles. The van der Waals surface area contributed by atoms with Crippen molar-refractivity contribution >= 4 is 12.0 Å². The van der Waals surface area contributed by atoms with Crippen molar-refractivity contribution in [3.8, 4) is 0 Å². The number of carbonyl (C=O) groups excluding carboxylic acids is 2. The fourth-order valence-corrected chi connectivity index (χ4v) is 5.74. The van der Waals surface area contributed by atoms with Gasteiger partial charge in [-0.25, -0.2) is 13.6 Å². The molecule has 0 radical (unpaired) electrons. The van der Waals surface area contributed by atoms with E-state index in [2.05, 4.69) is 0 Å². The molecular weight excluding hydrogens is 551 g/mol. The molecule has 1 aromatic rings. The lowest BCUT2D eigenvalue weighted by Gasteiger charge is -2.34. The maximum Gasteiger partial charge on any atom is 0.419 e. The minimum Gasteiger partial charge on any atom is -0.444 e. The van der Waals surface area contributed by atoms with E-state index in [0.717, 1.165) is 17.0 Å². The fraction of sp³-hybridized carbons (Fsp3) is 0.724. The Labute approximate surface area is 238 Å². The summed E-state index contributed by atoms with van der Waals surface area (Å²) in [6, 6.07) is 0.695. The van der Waals surface area contributed by atoms with Gasteiger partial charge in [0.15, 0.2) is 5.60 Å². The number of likely N-dealkylation sites (tertiary alicyclic amines) is 1. The summed E-state index contributed by atoms with van der Waals surface area (Å²) in [5.74, 6) is -2.04. The van der Waals surface area contributed by atoms with Gasteiger partial charge in [0.1, 0.15) is 29.1 Å². The third kappa shape index (κ3) is 7.49. The lowest BCUT2D eigenvalue weighted by atomic mass is 9.90. The van der Waals surface area contributed by atoms with Crippen molar-refractivity contribution in [1.82, 2.24) is 9.80 Å². The number of halogens is 5. The van der Waals surface area contributed by atoms with Crippen molar-refractivity contribution in [2.75, 3.05) is 13.2 Å². The molecule has 3 rings (SSSR count). The highest BCUT2D eigenvalue weighted by Crippen LogP contribution is 2.48. The molecule has 0 N–H and O–H groups in total. The third-order valence-electron chi connectivity index (χ3n) is 7.38. The molecule has 0 aromatic heterocycles. The van der Waals surface area contributed by atoms with Gasteiger partial charge in [-0.1, -0.05) is 13.8 Å². The van der Waals surface area contributed by atoms with Gasteiger partial charge in [0, 0.05) is 26.0 Å². The minimum atomic E-state index is -4.85. The van der Waals surface area contributed by atoms with Crippen LogP contribution in [0.3, 0.4) is 0 Å². The summed E-state index contributed by atoms with van der Waals surface area (Å²) in [6.45, 7) is 11.9. The maximum atomic E-state index is 14.8. The van der Waals surface area contributed by atoms with Crippen LogP contribution >= 0.6 is 0 Å². The number of alkyl halides is 3. The van der Waals surface area contributed by atoms with Crippen LogP contribution in [0.2, 0.25) is 0 Å². The molecule has 2 heterocycles. The maximum absolute atomic E-state index is 14.8. The summed E-state index contributed by atoms with van der Waals surface area (Å²) in [7, 11) is 0. The van der Waals surface area contributed by atoms with E-state index in [9.17, 15) is 31.5 Å². The topological polar surface area (TPSA) is 68.3 Å². The predicted octanol–water partition coefficient (Wildman–Crippen LogP) is 6.23. The quantitative estimate of drug-likeness (QED) is 0.351. The smallest absolute Gasteiger partial charge is 0.419 e. The molecule has 41 heavy (non-hydrogen) atoms. The van der Waals surface area contributed by atoms with Gasteiger partial charge in [0.2, 0.25) is 5.91 Å². The first-order valence-corrected chi connectivity index (χ1v) is 13.8. The summed E-state index contributed by atoms with van der Waals surface area (Å²) in [6.07, 6.45) is -7.43. The zero-order chi connectivity index (χ0) is 31.1. The van der Waals surface area contributed by atoms with Crippen LogP contribution in [0.25, 0.3) is 0 Å². The van der Waals surface area contributed by atoms with Crippen molar-refractivity contribution in [1.29, 1.82) is 0 Å². The number of nitrogens with zero attached hydrogens (tertiary/aromatic N) is 2. The van der Waals surface area contributed by atoms with E-state index in [4.69, 9.17) is 14.2 Å². The highest BCUT2D eigenvalue weighted by atomic mass is 19.4. The average Bonchev–Trinajstić information content (AvgIpc) is 3.27. The first-order chi connectivity index (χ1) is 18.7. The zero-order valence-corrected chi connectivity index (χ0v) is 24.9. The molecule has 232 valence electrons. The van der Waals surface area contributed by atoms with Crippen LogP contribution in [0.15, 0.2) is 18.2 Å². The molecule has 2 saturated heterocycles. The Kier molecular flexibility index (Phi) is 9.40. The number of hydrogen-bond donors (Lipinski definition) is 0. The largest absolute Gasteiger partial charge is 0.444 e. The monoisotopic (exact) mass is 592 g/mol. The number of hydrogen-bond acceptors (Lipinski definition) is 5. The van der Waals surface area contributed by atoms with Gasteiger partial charge in [0.05, 0.1) is 18.6 Å².